The Labute approximate surface area is 247 Å². The van der Waals surface area contributed by atoms with Crippen LogP contribution in [0.1, 0.15) is 26.4 Å². The molecule has 0 atom stereocenters. The summed E-state index contributed by atoms with van der Waals surface area (Å²) < 4.78 is 5.91. The molecular weight excluding hydrogens is 505 g/mol. The van der Waals surface area contributed by atoms with Gasteiger partial charge in [-0.3, -0.25) is 0 Å². The van der Waals surface area contributed by atoms with Crippen LogP contribution in [0.2, 0.25) is 0 Å². The number of aromatic carboxylic acids is 1. The minimum atomic E-state index is -0.932. The number of aromatic nitrogens is 2. The second-order valence-corrected chi connectivity index (χ2v) is 9.51. The van der Waals surface area contributed by atoms with Crippen LogP contribution >= 0.6 is 11.3 Å². The zero-order valence-electron chi connectivity index (χ0n) is 20.0. The molecule has 0 fully saturated rings. The summed E-state index contributed by atoms with van der Waals surface area (Å²) in [5, 5.41) is 11.3. The molecule has 6 nitrogen and oxygen atoms in total. The maximum atomic E-state index is 11.2. The molecule has 8 heteroatoms. The number of carboxylic acid groups (broad SMARTS) is 1. The van der Waals surface area contributed by atoms with Crippen LogP contribution in [0.3, 0.4) is 0 Å². The summed E-state index contributed by atoms with van der Waals surface area (Å²) in [4.78, 5) is 24.0. The third-order valence-electron chi connectivity index (χ3n) is 5.83. The Bertz CT molecular complexity index is 1440. The van der Waals surface area contributed by atoms with E-state index in [0.717, 1.165) is 28.3 Å². The van der Waals surface area contributed by atoms with Crippen molar-refractivity contribution in [2.24, 2.45) is 0 Å². The topological polar surface area (TPSA) is 75.5 Å². The first-order valence-electron chi connectivity index (χ1n) is 11.8. The summed E-state index contributed by atoms with van der Waals surface area (Å²) in [6.45, 7) is 1.78. The molecule has 0 spiro atoms. The first-order valence-corrected chi connectivity index (χ1v) is 12.7. The first kappa shape index (κ1) is 27.5. The summed E-state index contributed by atoms with van der Waals surface area (Å²) >= 11 is 1.69. The second-order valence-electron chi connectivity index (χ2n) is 8.47. The Morgan fingerprint density at radius 1 is 0.842 bits per heavy atom. The first-order chi connectivity index (χ1) is 18.1. The second kappa shape index (κ2) is 13.3. The van der Waals surface area contributed by atoms with E-state index in [-0.39, 0.29) is 35.1 Å². The molecule has 0 bridgehead atoms. The molecule has 0 unspecified atom stereocenters. The summed E-state index contributed by atoms with van der Waals surface area (Å²) in [5.41, 5.74) is 3.29. The van der Waals surface area contributed by atoms with Gasteiger partial charge in [-0.25, -0.2) is 14.8 Å². The number of benzene rings is 3. The molecule has 0 radical (unpaired) electrons. The van der Waals surface area contributed by atoms with Crippen LogP contribution in [0.25, 0.3) is 11.4 Å². The number of anilines is 1. The normalized spacial score (nSPS) is 10.4. The Morgan fingerprint density at radius 3 is 2.29 bits per heavy atom. The van der Waals surface area contributed by atoms with E-state index in [1.54, 1.807) is 29.7 Å². The van der Waals surface area contributed by atoms with Gasteiger partial charge < -0.3 is 14.7 Å². The van der Waals surface area contributed by atoms with E-state index >= 15 is 0 Å². The maximum absolute atomic E-state index is 11.2. The summed E-state index contributed by atoms with van der Waals surface area (Å²) in [7, 11) is 0. The molecule has 186 valence electrons. The molecule has 2 heterocycles. The standard InChI is InChI=1S/C30H25N3O3S.Na.H/c34-30(35)25-10-8-22(9-11-25)19-33(20-27-7-4-18-37-27)28-16-17-31-29(32-28)24-12-14-26(15-13-24)36-21-23-5-2-1-3-6-23;;/h1-18H,19-21H2,(H,34,35);;. The monoisotopic (exact) mass is 531 g/mol. The minimum absolute atomic E-state index is 0. The van der Waals surface area contributed by atoms with E-state index < -0.39 is 5.97 Å². The Kier molecular flexibility index (Phi) is 9.67. The van der Waals surface area contributed by atoms with E-state index in [4.69, 9.17) is 9.72 Å². The van der Waals surface area contributed by atoms with E-state index in [1.807, 2.05) is 78.9 Å². The van der Waals surface area contributed by atoms with Crippen molar-refractivity contribution in [3.8, 4) is 17.1 Å². The van der Waals surface area contributed by atoms with Crippen molar-refractivity contribution < 1.29 is 14.6 Å². The van der Waals surface area contributed by atoms with Gasteiger partial charge in [0.1, 0.15) is 18.2 Å². The quantitative estimate of drug-likeness (QED) is 0.222. The van der Waals surface area contributed by atoms with Crippen molar-refractivity contribution in [2.45, 2.75) is 19.7 Å². The molecule has 2 aromatic heterocycles. The van der Waals surface area contributed by atoms with Gasteiger partial charge in [0.05, 0.1) is 12.1 Å². The van der Waals surface area contributed by atoms with Crippen LogP contribution < -0.4 is 9.64 Å². The predicted octanol–water partition coefficient (Wildman–Crippen LogP) is 6.04. The van der Waals surface area contributed by atoms with Crippen LogP contribution in [0.4, 0.5) is 5.82 Å². The Morgan fingerprint density at radius 2 is 1.61 bits per heavy atom. The van der Waals surface area contributed by atoms with Gasteiger partial charge in [0.25, 0.3) is 0 Å². The average Bonchev–Trinajstić information content (AvgIpc) is 3.46. The zero-order chi connectivity index (χ0) is 25.5. The van der Waals surface area contributed by atoms with Crippen molar-refractivity contribution in [1.82, 2.24) is 9.97 Å². The van der Waals surface area contributed by atoms with Crippen molar-refractivity contribution >= 4 is 52.7 Å². The fourth-order valence-corrected chi connectivity index (χ4v) is 4.61. The Hall–Kier alpha value is -3.49. The van der Waals surface area contributed by atoms with Gasteiger partial charge in [-0.2, -0.15) is 0 Å². The third-order valence-corrected chi connectivity index (χ3v) is 6.69. The van der Waals surface area contributed by atoms with E-state index in [2.05, 4.69) is 21.3 Å². The van der Waals surface area contributed by atoms with Gasteiger partial charge in [-0.05, 0) is 65.0 Å². The van der Waals surface area contributed by atoms with Crippen LogP contribution in [0.15, 0.2) is 109 Å². The molecule has 3 aromatic carbocycles. The van der Waals surface area contributed by atoms with Gasteiger partial charge in [0.2, 0.25) is 0 Å². The predicted molar refractivity (Wildman–Crippen MR) is 153 cm³/mol. The SMILES string of the molecule is O=C(O)c1ccc(CN(Cc2cccs2)c2ccnc(-c3ccc(OCc4ccccc4)cc3)n2)cc1.[NaH]. The number of hydrogen-bond donors (Lipinski definition) is 1. The summed E-state index contributed by atoms with van der Waals surface area (Å²) in [5.74, 6) is 1.28. The number of nitrogens with zero attached hydrogens (tertiary/aromatic N) is 3. The third kappa shape index (κ3) is 7.30. The van der Waals surface area contributed by atoms with Crippen molar-refractivity contribution in [3.63, 3.8) is 0 Å². The molecule has 0 aliphatic heterocycles. The van der Waals surface area contributed by atoms with Crippen molar-refractivity contribution in [2.75, 3.05) is 4.90 Å². The number of ether oxygens (including phenoxy) is 1. The summed E-state index contributed by atoms with van der Waals surface area (Å²) in [6.07, 6.45) is 1.77. The van der Waals surface area contributed by atoms with Crippen molar-refractivity contribution in [3.05, 3.63) is 130 Å². The number of carboxylic acids is 1. The Balaban J connectivity index is 0.00000336. The molecule has 0 aliphatic rings. The van der Waals surface area contributed by atoms with E-state index in [9.17, 15) is 9.90 Å². The molecule has 5 aromatic rings. The molecule has 1 N–H and O–H groups in total. The van der Waals surface area contributed by atoms with Crippen LogP contribution in [0.5, 0.6) is 5.75 Å². The number of hydrogen-bond acceptors (Lipinski definition) is 6. The molecular formula is C30H26N3NaO3S. The molecule has 0 saturated heterocycles. The summed E-state index contributed by atoms with van der Waals surface area (Å²) in [6, 6.07) is 30.9. The molecule has 0 aliphatic carbocycles. The van der Waals surface area contributed by atoms with Gasteiger partial charge in [-0.1, -0.05) is 48.5 Å². The van der Waals surface area contributed by atoms with Crippen LogP contribution in [-0.4, -0.2) is 50.6 Å². The van der Waals surface area contributed by atoms with Crippen LogP contribution in [-0.2, 0) is 19.7 Å². The van der Waals surface area contributed by atoms with Gasteiger partial charge >= 0.3 is 35.5 Å². The van der Waals surface area contributed by atoms with E-state index in [0.29, 0.717) is 25.5 Å². The molecule has 38 heavy (non-hydrogen) atoms. The number of rotatable bonds is 10. The number of thiophene rings is 1. The zero-order valence-corrected chi connectivity index (χ0v) is 20.8. The molecule has 5 rings (SSSR count). The molecule has 0 amide bonds. The van der Waals surface area contributed by atoms with Gasteiger partial charge in [-0.15, -0.1) is 11.3 Å². The fourth-order valence-electron chi connectivity index (χ4n) is 3.89. The van der Waals surface area contributed by atoms with E-state index in [1.165, 1.54) is 4.88 Å². The van der Waals surface area contributed by atoms with Gasteiger partial charge in [0.15, 0.2) is 5.82 Å². The fraction of sp³-hybridized carbons (Fsp3) is 0.100. The average molecular weight is 532 g/mol. The van der Waals surface area contributed by atoms with Crippen LogP contribution in [0, 0.1) is 0 Å². The number of carbonyl (C=O) groups is 1. The van der Waals surface area contributed by atoms with Crippen molar-refractivity contribution in [1.29, 1.82) is 0 Å². The van der Waals surface area contributed by atoms with Gasteiger partial charge in [0, 0.05) is 23.2 Å². The molecule has 0 saturated carbocycles.